The highest BCUT2D eigenvalue weighted by atomic mass is 79.9. The van der Waals surface area contributed by atoms with Gasteiger partial charge in [0.25, 0.3) is 0 Å². The molecular weight excluding hydrogens is 654 g/mol. The van der Waals surface area contributed by atoms with Gasteiger partial charge in [-0.25, -0.2) is 23.4 Å². The van der Waals surface area contributed by atoms with E-state index in [0.717, 1.165) is 11.1 Å². The predicted molar refractivity (Wildman–Crippen MR) is 164 cm³/mol. The fourth-order valence-electron chi connectivity index (χ4n) is 5.39. The highest BCUT2D eigenvalue weighted by Crippen LogP contribution is 2.28. The van der Waals surface area contributed by atoms with Crippen LogP contribution in [0.15, 0.2) is 47.3 Å². The average Bonchev–Trinajstić information content (AvgIpc) is 3.60. The quantitative estimate of drug-likeness (QED) is 0.216. The number of ether oxygens (including phenoxy) is 1. The standard InChI is InChI=1S/C29H28BrN7O6S/c1-16-5-8-24(30)33-27(16)34-28(40)23-4-3-9-36(23)25(39)13-37-22-7-6-18(10-21(22)26(35-37)17(2)38)19-11-31-29(32-12-19)43-20-14-44(41,42)15-20/h5-8,10-12,20,23H,3-4,9,13-15H2,1-2H3,(H,33,34,40)/t23-/m0/s1. The molecule has 2 aliphatic heterocycles. The smallest absolute Gasteiger partial charge is 0.316 e. The molecule has 0 unspecified atom stereocenters. The van der Waals surface area contributed by atoms with Gasteiger partial charge < -0.3 is 15.0 Å². The Hall–Kier alpha value is -4.24. The molecule has 6 rings (SSSR count). The van der Waals surface area contributed by atoms with Gasteiger partial charge in [0.1, 0.15) is 34.8 Å². The largest absolute Gasteiger partial charge is 0.458 e. The zero-order chi connectivity index (χ0) is 31.2. The summed E-state index contributed by atoms with van der Waals surface area (Å²) in [5.74, 6) is -0.518. The van der Waals surface area contributed by atoms with Crippen LogP contribution in [-0.4, -0.2) is 85.8 Å². The number of halogens is 1. The SMILES string of the molecule is CC(=O)c1nn(CC(=O)N2CCC[C@H]2C(=O)Nc2nc(Br)ccc2C)c2ccc(-c3cnc(OC4CS(=O)(=O)C4)nc3)cc12. The number of anilines is 1. The van der Waals surface area contributed by atoms with Gasteiger partial charge in [-0.3, -0.25) is 19.1 Å². The van der Waals surface area contributed by atoms with E-state index < -0.39 is 22.0 Å². The number of hydrogen-bond acceptors (Lipinski definition) is 10. The number of hydrogen-bond donors (Lipinski definition) is 1. The third kappa shape index (κ3) is 6.06. The van der Waals surface area contributed by atoms with Crippen LogP contribution in [0.25, 0.3) is 22.0 Å². The van der Waals surface area contributed by atoms with Crippen LogP contribution in [0.5, 0.6) is 6.01 Å². The van der Waals surface area contributed by atoms with Crippen molar-refractivity contribution in [1.82, 2.24) is 29.6 Å². The highest BCUT2D eigenvalue weighted by molar-refractivity contribution is 9.10. The van der Waals surface area contributed by atoms with Crippen molar-refractivity contribution < 1.29 is 27.5 Å². The number of nitrogens with one attached hydrogen (secondary N) is 1. The number of sulfone groups is 1. The average molecular weight is 683 g/mol. The van der Waals surface area contributed by atoms with Crippen LogP contribution < -0.4 is 10.1 Å². The van der Waals surface area contributed by atoms with E-state index in [1.54, 1.807) is 35.5 Å². The van der Waals surface area contributed by atoms with E-state index in [2.05, 4.69) is 41.3 Å². The fourth-order valence-corrected chi connectivity index (χ4v) is 6.87. The molecule has 0 aliphatic carbocycles. The number of carbonyl (C=O) groups is 3. The van der Waals surface area contributed by atoms with Gasteiger partial charge >= 0.3 is 6.01 Å². The molecule has 1 aromatic carbocycles. The minimum atomic E-state index is -3.03. The summed E-state index contributed by atoms with van der Waals surface area (Å²) in [6, 6.07) is 8.44. The Morgan fingerprint density at radius 3 is 2.55 bits per heavy atom. The van der Waals surface area contributed by atoms with Gasteiger partial charge in [0.05, 0.1) is 17.0 Å². The molecule has 0 spiro atoms. The zero-order valence-electron chi connectivity index (χ0n) is 23.9. The van der Waals surface area contributed by atoms with Gasteiger partial charge in [-0.15, -0.1) is 0 Å². The van der Waals surface area contributed by atoms with E-state index in [9.17, 15) is 22.8 Å². The van der Waals surface area contributed by atoms with Gasteiger partial charge in [0.15, 0.2) is 15.6 Å². The number of amides is 2. The molecule has 2 saturated heterocycles. The van der Waals surface area contributed by atoms with Crippen molar-refractivity contribution in [3.63, 3.8) is 0 Å². The van der Waals surface area contributed by atoms with Crippen LogP contribution in [0.3, 0.4) is 0 Å². The molecule has 228 valence electrons. The molecule has 13 nitrogen and oxygen atoms in total. The number of pyridine rings is 1. The first kappa shape index (κ1) is 29.8. The number of nitrogens with zero attached hydrogens (tertiary/aromatic N) is 6. The summed E-state index contributed by atoms with van der Waals surface area (Å²) in [6.07, 6.45) is 3.87. The number of carbonyl (C=O) groups excluding carboxylic acids is 3. The molecule has 44 heavy (non-hydrogen) atoms. The van der Waals surface area contributed by atoms with E-state index in [0.29, 0.717) is 46.3 Å². The maximum absolute atomic E-state index is 13.5. The number of aromatic nitrogens is 5. The van der Waals surface area contributed by atoms with Gasteiger partial charge in [0.2, 0.25) is 11.8 Å². The first-order valence-electron chi connectivity index (χ1n) is 13.9. The summed E-state index contributed by atoms with van der Waals surface area (Å²) in [5.41, 5.74) is 2.98. The molecule has 3 aromatic heterocycles. The summed E-state index contributed by atoms with van der Waals surface area (Å²) >= 11 is 3.32. The van der Waals surface area contributed by atoms with E-state index in [4.69, 9.17) is 4.74 Å². The Balaban J connectivity index is 1.19. The predicted octanol–water partition coefficient (Wildman–Crippen LogP) is 2.97. The van der Waals surface area contributed by atoms with Crippen molar-refractivity contribution in [1.29, 1.82) is 0 Å². The summed E-state index contributed by atoms with van der Waals surface area (Å²) in [5, 5.41) is 7.89. The minimum Gasteiger partial charge on any atom is -0.458 e. The van der Waals surface area contributed by atoms with Crippen molar-refractivity contribution in [3.8, 4) is 17.1 Å². The molecule has 5 heterocycles. The molecule has 2 aliphatic rings. The number of fused-ring (bicyclic) bond motifs is 1. The lowest BCUT2D eigenvalue weighted by atomic mass is 10.0. The van der Waals surface area contributed by atoms with E-state index >= 15 is 0 Å². The lowest BCUT2D eigenvalue weighted by Gasteiger charge is -2.25. The van der Waals surface area contributed by atoms with Gasteiger partial charge in [-0.2, -0.15) is 5.10 Å². The summed E-state index contributed by atoms with van der Waals surface area (Å²) in [6.45, 7) is 3.54. The third-order valence-corrected chi connectivity index (χ3v) is 9.86. The molecule has 1 N–H and O–H groups in total. The molecule has 1 atom stereocenters. The topological polar surface area (TPSA) is 166 Å². The highest BCUT2D eigenvalue weighted by Gasteiger charge is 2.36. The Bertz CT molecular complexity index is 1900. The molecule has 15 heteroatoms. The number of aryl methyl sites for hydroxylation is 1. The Kier molecular flexibility index (Phi) is 7.92. The third-order valence-electron chi connectivity index (χ3n) is 7.66. The number of benzene rings is 1. The van der Waals surface area contributed by atoms with Crippen LogP contribution in [-0.2, 0) is 26.0 Å². The van der Waals surface area contributed by atoms with Crippen molar-refractivity contribution >= 4 is 60.1 Å². The molecule has 0 bridgehead atoms. The minimum absolute atomic E-state index is 0.0519. The van der Waals surface area contributed by atoms with Crippen LogP contribution in [0.2, 0.25) is 0 Å². The van der Waals surface area contributed by atoms with Crippen LogP contribution in [0.1, 0.15) is 35.8 Å². The maximum atomic E-state index is 13.5. The second-order valence-corrected chi connectivity index (χ2v) is 13.9. The number of Topliss-reactive ketones (excluding diaryl/α,β-unsaturated/α-hetero) is 1. The van der Waals surface area contributed by atoms with Gasteiger partial charge in [-0.05, 0) is 65.0 Å². The van der Waals surface area contributed by atoms with Gasteiger partial charge in [-0.1, -0.05) is 12.1 Å². The molecular formula is C29H28BrN7O6S. The van der Waals surface area contributed by atoms with Crippen LogP contribution >= 0.6 is 15.9 Å². The normalized spacial score (nSPS) is 17.8. The molecule has 2 amide bonds. The lowest BCUT2D eigenvalue weighted by Crippen LogP contribution is -2.45. The zero-order valence-corrected chi connectivity index (χ0v) is 26.3. The summed E-state index contributed by atoms with van der Waals surface area (Å²) < 4.78 is 30.3. The molecule has 2 fully saturated rings. The fraction of sp³-hybridized carbons (Fsp3) is 0.345. The monoisotopic (exact) mass is 681 g/mol. The van der Waals surface area contributed by atoms with Crippen LogP contribution in [0.4, 0.5) is 5.82 Å². The van der Waals surface area contributed by atoms with E-state index in [1.165, 1.54) is 11.6 Å². The second kappa shape index (κ2) is 11.7. The molecule has 0 radical (unpaired) electrons. The molecule has 4 aromatic rings. The van der Waals surface area contributed by atoms with Crippen molar-refractivity contribution in [2.75, 3.05) is 23.4 Å². The molecule has 0 saturated carbocycles. The summed E-state index contributed by atoms with van der Waals surface area (Å²) in [7, 11) is -3.03. The van der Waals surface area contributed by atoms with E-state index in [-0.39, 0.29) is 47.4 Å². The Morgan fingerprint density at radius 2 is 1.84 bits per heavy atom. The first-order valence-corrected chi connectivity index (χ1v) is 16.5. The Morgan fingerprint density at radius 1 is 1.09 bits per heavy atom. The van der Waals surface area contributed by atoms with Crippen molar-refractivity contribution in [2.45, 2.75) is 45.4 Å². The van der Waals surface area contributed by atoms with Crippen LogP contribution in [0, 0.1) is 6.92 Å². The Labute approximate surface area is 261 Å². The van der Waals surface area contributed by atoms with E-state index in [1.807, 2.05) is 19.1 Å². The first-order chi connectivity index (χ1) is 21.0. The van der Waals surface area contributed by atoms with Crippen molar-refractivity contribution in [3.05, 3.63) is 58.6 Å². The lowest BCUT2D eigenvalue weighted by molar-refractivity contribution is -0.137. The van der Waals surface area contributed by atoms with Crippen molar-refractivity contribution in [2.24, 2.45) is 0 Å². The number of ketones is 1. The van der Waals surface area contributed by atoms with Gasteiger partial charge in [0, 0.05) is 36.8 Å². The number of likely N-dealkylation sites (tertiary alicyclic amines) is 1. The number of rotatable bonds is 8. The summed E-state index contributed by atoms with van der Waals surface area (Å²) in [4.78, 5) is 53.5. The maximum Gasteiger partial charge on any atom is 0.316 e. The second-order valence-electron chi connectivity index (χ2n) is 10.9.